The Morgan fingerprint density at radius 1 is 1.28 bits per heavy atom. The molecule has 2 rings (SSSR count). The van der Waals surface area contributed by atoms with Crippen molar-refractivity contribution in [2.45, 2.75) is 13.0 Å². The highest BCUT2D eigenvalue weighted by Gasteiger charge is 2.16. The van der Waals surface area contributed by atoms with Crippen LogP contribution in [0.2, 0.25) is 0 Å². The number of aromatic nitrogens is 2. The predicted octanol–water partition coefficient (Wildman–Crippen LogP) is 2.68. The van der Waals surface area contributed by atoms with Crippen LogP contribution in [0.1, 0.15) is 17.7 Å². The number of rotatable bonds is 3. The van der Waals surface area contributed by atoms with E-state index in [1.807, 2.05) is 0 Å². The molecule has 1 heterocycles. The number of alkyl halides is 2. The van der Waals surface area contributed by atoms with Crippen LogP contribution >= 0.6 is 0 Å². The van der Waals surface area contributed by atoms with Gasteiger partial charge in [-0.15, -0.1) is 0 Å². The van der Waals surface area contributed by atoms with E-state index in [4.69, 9.17) is 5.73 Å². The zero-order valence-electron chi connectivity index (χ0n) is 9.28. The van der Waals surface area contributed by atoms with E-state index < -0.39 is 17.9 Å². The van der Waals surface area contributed by atoms with Gasteiger partial charge in [0.25, 0.3) is 6.43 Å². The molecule has 0 fully saturated rings. The summed E-state index contributed by atoms with van der Waals surface area (Å²) in [5, 5.41) is 0. The molecule has 0 aliphatic carbocycles. The zero-order valence-corrected chi connectivity index (χ0v) is 9.28. The fourth-order valence-corrected chi connectivity index (χ4v) is 1.53. The van der Waals surface area contributed by atoms with Crippen molar-refractivity contribution < 1.29 is 13.2 Å². The summed E-state index contributed by atoms with van der Waals surface area (Å²) in [7, 11) is 0. The largest absolute Gasteiger partial charge is 0.326 e. The molecule has 2 N–H and O–H groups in total. The second kappa shape index (κ2) is 5.14. The van der Waals surface area contributed by atoms with Gasteiger partial charge in [-0.1, -0.05) is 12.1 Å². The molecule has 18 heavy (non-hydrogen) atoms. The summed E-state index contributed by atoms with van der Waals surface area (Å²) >= 11 is 0. The third-order valence-electron chi connectivity index (χ3n) is 2.41. The lowest BCUT2D eigenvalue weighted by Crippen LogP contribution is -2.07. The SMILES string of the molecule is NCc1cnc(-c2cccc(F)c2)nc1C(F)F. The van der Waals surface area contributed by atoms with Crippen LogP contribution in [-0.4, -0.2) is 9.97 Å². The number of nitrogens with zero attached hydrogens (tertiary/aromatic N) is 2. The van der Waals surface area contributed by atoms with Crippen molar-refractivity contribution in [3.63, 3.8) is 0 Å². The lowest BCUT2D eigenvalue weighted by Gasteiger charge is -2.08. The van der Waals surface area contributed by atoms with Gasteiger partial charge in [-0.3, -0.25) is 0 Å². The zero-order chi connectivity index (χ0) is 13.1. The first kappa shape index (κ1) is 12.5. The molecule has 3 nitrogen and oxygen atoms in total. The highest BCUT2D eigenvalue weighted by Crippen LogP contribution is 2.23. The highest BCUT2D eigenvalue weighted by atomic mass is 19.3. The van der Waals surface area contributed by atoms with Crippen molar-refractivity contribution in [2.75, 3.05) is 0 Å². The van der Waals surface area contributed by atoms with E-state index in [1.54, 1.807) is 6.07 Å². The summed E-state index contributed by atoms with van der Waals surface area (Å²) < 4.78 is 38.6. The molecule has 0 atom stereocenters. The Morgan fingerprint density at radius 2 is 2.06 bits per heavy atom. The molecule has 1 aromatic heterocycles. The van der Waals surface area contributed by atoms with Gasteiger partial charge in [-0.25, -0.2) is 23.1 Å². The number of hydrogen-bond donors (Lipinski definition) is 1. The van der Waals surface area contributed by atoms with Gasteiger partial charge in [0.05, 0.1) is 0 Å². The van der Waals surface area contributed by atoms with Crippen molar-refractivity contribution in [3.8, 4) is 11.4 Å². The fourth-order valence-electron chi connectivity index (χ4n) is 1.53. The molecule has 6 heteroatoms. The predicted molar refractivity (Wildman–Crippen MR) is 60.3 cm³/mol. The van der Waals surface area contributed by atoms with Gasteiger partial charge in [0.15, 0.2) is 5.82 Å². The van der Waals surface area contributed by atoms with E-state index in [-0.39, 0.29) is 17.9 Å². The monoisotopic (exact) mass is 253 g/mol. The molecular formula is C12H10F3N3. The maximum atomic E-state index is 13.0. The van der Waals surface area contributed by atoms with Gasteiger partial charge in [-0.2, -0.15) is 0 Å². The molecule has 1 aromatic carbocycles. The van der Waals surface area contributed by atoms with Crippen molar-refractivity contribution in [3.05, 3.63) is 47.5 Å². The molecule has 0 amide bonds. The highest BCUT2D eigenvalue weighted by molar-refractivity contribution is 5.55. The number of benzene rings is 1. The van der Waals surface area contributed by atoms with E-state index in [9.17, 15) is 13.2 Å². The first-order valence-electron chi connectivity index (χ1n) is 5.21. The summed E-state index contributed by atoms with van der Waals surface area (Å²) in [6.07, 6.45) is -1.49. The summed E-state index contributed by atoms with van der Waals surface area (Å²) in [5.74, 6) is -0.417. The summed E-state index contributed by atoms with van der Waals surface area (Å²) in [5.41, 5.74) is 5.45. The van der Waals surface area contributed by atoms with Crippen LogP contribution in [0.5, 0.6) is 0 Å². The minimum atomic E-state index is -2.74. The van der Waals surface area contributed by atoms with Crippen LogP contribution in [0.15, 0.2) is 30.5 Å². The number of nitrogens with two attached hydrogens (primary N) is 1. The average molecular weight is 253 g/mol. The van der Waals surface area contributed by atoms with Crippen LogP contribution in [-0.2, 0) is 6.54 Å². The Bertz CT molecular complexity index is 558. The molecule has 0 unspecified atom stereocenters. The first-order valence-corrected chi connectivity index (χ1v) is 5.21. The second-order valence-corrected chi connectivity index (χ2v) is 3.62. The van der Waals surface area contributed by atoms with Gasteiger partial charge in [-0.05, 0) is 12.1 Å². The quantitative estimate of drug-likeness (QED) is 0.914. The van der Waals surface area contributed by atoms with Crippen LogP contribution in [0.4, 0.5) is 13.2 Å². The minimum Gasteiger partial charge on any atom is -0.326 e. The van der Waals surface area contributed by atoms with E-state index in [0.29, 0.717) is 5.56 Å². The molecule has 0 aliphatic heterocycles. The normalized spacial score (nSPS) is 10.9. The summed E-state index contributed by atoms with van der Waals surface area (Å²) in [6, 6.07) is 5.46. The Hall–Kier alpha value is -1.95. The Kier molecular flexibility index (Phi) is 3.57. The molecular weight excluding hydrogens is 243 g/mol. The van der Waals surface area contributed by atoms with Crippen molar-refractivity contribution in [2.24, 2.45) is 5.73 Å². The number of halogens is 3. The lowest BCUT2D eigenvalue weighted by atomic mass is 10.2. The van der Waals surface area contributed by atoms with Gasteiger partial charge < -0.3 is 5.73 Å². The maximum absolute atomic E-state index is 13.0. The van der Waals surface area contributed by atoms with Crippen LogP contribution < -0.4 is 5.73 Å². The Morgan fingerprint density at radius 3 is 2.67 bits per heavy atom. The maximum Gasteiger partial charge on any atom is 0.280 e. The molecule has 0 radical (unpaired) electrons. The summed E-state index contributed by atoms with van der Waals surface area (Å²) in [4.78, 5) is 7.66. The standard InChI is InChI=1S/C12H10F3N3/c13-9-3-1-2-7(4-9)12-17-6-8(5-16)10(18-12)11(14)15/h1-4,6,11H,5,16H2. The van der Waals surface area contributed by atoms with E-state index >= 15 is 0 Å². The fraction of sp³-hybridized carbons (Fsp3) is 0.167. The molecule has 94 valence electrons. The lowest BCUT2D eigenvalue weighted by molar-refractivity contribution is 0.144. The second-order valence-electron chi connectivity index (χ2n) is 3.62. The molecule has 0 aliphatic rings. The topological polar surface area (TPSA) is 51.8 Å². The van der Waals surface area contributed by atoms with Crippen LogP contribution in [0.3, 0.4) is 0 Å². The average Bonchev–Trinajstić information content (AvgIpc) is 2.38. The van der Waals surface area contributed by atoms with E-state index in [1.165, 1.54) is 24.4 Å². The van der Waals surface area contributed by atoms with E-state index in [0.717, 1.165) is 0 Å². The Balaban J connectivity index is 2.50. The van der Waals surface area contributed by atoms with Gasteiger partial charge >= 0.3 is 0 Å². The van der Waals surface area contributed by atoms with Crippen LogP contribution in [0, 0.1) is 5.82 Å². The van der Waals surface area contributed by atoms with Crippen molar-refractivity contribution in [1.29, 1.82) is 0 Å². The summed E-state index contributed by atoms with van der Waals surface area (Å²) in [6.45, 7) is -0.0664. The minimum absolute atomic E-state index is 0.0574. The van der Waals surface area contributed by atoms with Crippen molar-refractivity contribution in [1.82, 2.24) is 9.97 Å². The third-order valence-corrected chi connectivity index (χ3v) is 2.41. The smallest absolute Gasteiger partial charge is 0.280 e. The van der Waals surface area contributed by atoms with E-state index in [2.05, 4.69) is 9.97 Å². The molecule has 0 spiro atoms. The van der Waals surface area contributed by atoms with Crippen LogP contribution in [0.25, 0.3) is 11.4 Å². The molecule has 0 saturated heterocycles. The van der Waals surface area contributed by atoms with Gasteiger partial charge in [0.1, 0.15) is 11.5 Å². The Labute approximate surface area is 101 Å². The van der Waals surface area contributed by atoms with Crippen molar-refractivity contribution >= 4 is 0 Å². The van der Waals surface area contributed by atoms with Gasteiger partial charge in [0.2, 0.25) is 0 Å². The molecule has 0 saturated carbocycles. The molecule has 2 aromatic rings. The number of hydrogen-bond acceptors (Lipinski definition) is 3. The third kappa shape index (κ3) is 2.48. The molecule has 0 bridgehead atoms. The van der Waals surface area contributed by atoms with Gasteiger partial charge in [0, 0.05) is 23.9 Å². The first-order chi connectivity index (χ1) is 8.61.